The molecule has 0 aliphatic heterocycles. The first-order valence-corrected chi connectivity index (χ1v) is 8.61. The van der Waals surface area contributed by atoms with Crippen LogP contribution >= 0.6 is 47.8 Å². The van der Waals surface area contributed by atoms with E-state index in [9.17, 15) is 0 Å². The van der Waals surface area contributed by atoms with Crippen LogP contribution in [0.4, 0.5) is 0 Å². The van der Waals surface area contributed by atoms with E-state index < -0.39 is 0 Å². The fraction of sp³-hybridized carbons (Fsp3) is 0.286. The van der Waals surface area contributed by atoms with Gasteiger partial charge in [0.05, 0.1) is 11.7 Å². The highest BCUT2D eigenvalue weighted by molar-refractivity contribution is 9.11. The van der Waals surface area contributed by atoms with Crippen molar-refractivity contribution in [1.29, 1.82) is 0 Å². The number of hydrogen-bond acceptors (Lipinski definition) is 3. The smallest absolute Gasteiger partial charge is 0.0719 e. The average molecular weight is 464 g/mol. The van der Waals surface area contributed by atoms with Gasteiger partial charge >= 0.3 is 0 Å². The molecular weight excluding hydrogens is 450 g/mol. The van der Waals surface area contributed by atoms with Gasteiger partial charge < -0.3 is 5.32 Å². The normalized spacial score (nSPS) is 12.4. The van der Waals surface area contributed by atoms with Gasteiger partial charge in [0.1, 0.15) is 0 Å². The molecule has 0 spiro atoms. The van der Waals surface area contributed by atoms with E-state index in [-0.39, 0.29) is 6.04 Å². The molecule has 2 aromatic heterocycles. The highest BCUT2D eigenvalue weighted by Gasteiger charge is 2.16. The Labute approximate surface area is 144 Å². The van der Waals surface area contributed by atoms with E-state index in [4.69, 9.17) is 0 Å². The quantitative estimate of drug-likeness (QED) is 0.701. The predicted octanol–water partition coefficient (Wildman–Crippen LogP) is 4.66. The number of likely N-dealkylation sites (N-methyl/N-ethyl adjacent to an activating group) is 1. The number of nitrogens with one attached hydrogen (secondary N) is 1. The molecule has 1 atom stereocenters. The zero-order valence-corrected chi connectivity index (χ0v) is 15.7. The lowest BCUT2D eigenvalue weighted by Crippen LogP contribution is -2.24. The molecule has 106 valence electrons. The summed E-state index contributed by atoms with van der Waals surface area (Å²) in [5.74, 6) is 0. The first-order valence-electron chi connectivity index (χ1n) is 6.24. The molecule has 0 aliphatic rings. The van der Waals surface area contributed by atoms with E-state index in [0.717, 1.165) is 32.1 Å². The van der Waals surface area contributed by atoms with E-state index in [0.29, 0.717) is 0 Å². The number of aromatic nitrogens is 2. The Morgan fingerprint density at radius 3 is 2.50 bits per heavy atom. The number of rotatable bonds is 5. The van der Waals surface area contributed by atoms with Gasteiger partial charge in [-0.05, 0) is 78.5 Å². The maximum atomic E-state index is 4.53. The molecule has 0 fully saturated rings. The van der Waals surface area contributed by atoms with E-state index in [2.05, 4.69) is 76.1 Å². The molecule has 0 aliphatic carbocycles. The van der Waals surface area contributed by atoms with Gasteiger partial charge in [-0.15, -0.1) is 0 Å². The summed E-state index contributed by atoms with van der Waals surface area (Å²) in [6.45, 7) is 2.98. The van der Waals surface area contributed by atoms with Gasteiger partial charge in [-0.1, -0.05) is 6.92 Å². The van der Waals surface area contributed by atoms with Crippen molar-refractivity contribution in [3.05, 3.63) is 55.4 Å². The van der Waals surface area contributed by atoms with Crippen LogP contribution in [-0.2, 0) is 6.42 Å². The van der Waals surface area contributed by atoms with E-state index in [1.165, 1.54) is 5.56 Å². The minimum Gasteiger partial charge on any atom is -0.309 e. The molecule has 6 heteroatoms. The van der Waals surface area contributed by atoms with Crippen molar-refractivity contribution in [1.82, 2.24) is 15.3 Å². The summed E-state index contributed by atoms with van der Waals surface area (Å²) in [5, 5.41) is 3.48. The van der Waals surface area contributed by atoms with Crippen molar-refractivity contribution in [3.8, 4) is 0 Å². The molecule has 1 unspecified atom stereocenters. The summed E-state index contributed by atoms with van der Waals surface area (Å²) < 4.78 is 2.96. The second kappa shape index (κ2) is 7.64. The van der Waals surface area contributed by atoms with Gasteiger partial charge in [-0.3, -0.25) is 9.97 Å². The van der Waals surface area contributed by atoms with Gasteiger partial charge in [0.15, 0.2) is 0 Å². The van der Waals surface area contributed by atoms with Crippen molar-refractivity contribution in [2.24, 2.45) is 0 Å². The minimum atomic E-state index is 0.151. The first-order chi connectivity index (χ1) is 9.60. The third-order valence-electron chi connectivity index (χ3n) is 2.82. The summed E-state index contributed by atoms with van der Waals surface area (Å²) in [6, 6.07) is 4.26. The Kier molecular flexibility index (Phi) is 6.14. The molecule has 0 saturated heterocycles. The van der Waals surface area contributed by atoms with Crippen LogP contribution in [0.15, 0.2) is 44.1 Å². The molecular formula is C14H14Br3N3. The fourth-order valence-corrected chi connectivity index (χ4v) is 3.67. The van der Waals surface area contributed by atoms with Gasteiger partial charge in [0.25, 0.3) is 0 Å². The van der Waals surface area contributed by atoms with Crippen molar-refractivity contribution >= 4 is 47.8 Å². The monoisotopic (exact) mass is 461 g/mol. The Bertz CT molecular complexity index is 590. The van der Waals surface area contributed by atoms with Crippen molar-refractivity contribution in [3.63, 3.8) is 0 Å². The Morgan fingerprint density at radius 2 is 1.85 bits per heavy atom. The number of pyridine rings is 2. The molecule has 1 N–H and O–H groups in total. The molecule has 2 heterocycles. The van der Waals surface area contributed by atoms with Crippen LogP contribution in [0.1, 0.15) is 24.2 Å². The summed E-state index contributed by atoms with van der Waals surface area (Å²) in [4.78, 5) is 8.74. The van der Waals surface area contributed by atoms with Crippen molar-refractivity contribution in [2.45, 2.75) is 19.4 Å². The molecule has 0 radical (unpaired) electrons. The fourth-order valence-electron chi connectivity index (χ4n) is 2.00. The topological polar surface area (TPSA) is 37.8 Å². The molecule has 0 bridgehead atoms. The summed E-state index contributed by atoms with van der Waals surface area (Å²) in [7, 11) is 0. The lowest BCUT2D eigenvalue weighted by Gasteiger charge is -2.19. The molecule has 0 aromatic carbocycles. The van der Waals surface area contributed by atoms with E-state index in [1.807, 2.05) is 18.5 Å². The number of hydrogen-bond donors (Lipinski definition) is 1. The second-order valence-electron chi connectivity index (χ2n) is 4.35. The van der Waals surface area contributed by atoms with Gasteiger partial charge in [-0.25, -0.2) is 0 Å². The van der Waals surface area contributed by atoms with Crippen molar-refractivity contribution < 1.29 is 0 Å². The second-order valence-corrected chi connectivity index (χ2v) is 7.03. The molecule has 0 saturated carbocycles. The van der Waals surface area contributed by atoms with Crippen LogP contribution in [-0.4, -0.2) is 16.5 Å². The van der Waals surface area contributed by atoms with E-state index in [1.54, 1.807) is 6.20 Å². The number of nitrogens with zero attached hydrogens (tertiary/aromatic N) is 2. The Balaban J connectivity index is 2.26. The van der Waals surface area contributed by atoms with Crippen LogP contribution in [0, 0.1) is 0 Å². The van der Waals surface area contributed by atoms with Crippen molar-refractivity contribution in [2.75, 3.05) is 6.54 Å². The van der Waals surface area contributed by atoms with Crippen LogP contribution < -0.4 is 5.32 Å². The highest BCUT2D eigenvalue weighted by Crippen LogP contribution is 2.27. The van der Waals surface area contributed by atoms with Gasteiger partial charge in [0.2, 0.25) is 0 Å². The SMILES string of the molecule is CCNC(Cc1cncc(Br)c1)c1ncc(Br)cc1Br. The lowest BCUT2D eigenvalue weighted by molar-refractivity contribution is 0.533. The maximum Gasteiger partial charge on any atom is 0.0719 e. The van der Waals surface area contributed by atoms with Crippen LogP contribution in [0.3, 0.4) is 0 Å². The first kappa shape index (κ1) is 16.1. The Morgan fingerprint density at radius 1 is 1.10 bits per heavy atom. The molecule has 20 heavy (non-hydrogen) atoms. The van der Waals surface area contributed by atoms with Crippen LogP contribution in [0.25, 0.3) is 0 Å². The predicted molar refractivity (Wildman–Crippen MR) is 91.7 cm³/mol. The molecule has 2 aromatic rings. The largest absolute Gasteiger partial charge is 0.309 e. The van der Waals surface area contributed by atoms with Gasteiger partial charge in [0, 0.05) is 32.0 Å². The summed E-state index contributed by atoms with van der Waals surface area (Å²) in [5.41, 5.74) is 2.18. The summed E-state index contributed by atoms with van der Waals surface area (Å²) >= 11 is 10.5. The molecule has 2 rings (SSSR count). The van der Waals surface area contributed by atoms with E-state index >= 15 is 0 Å². The van der Waals surface area contributed by atoms with Crippen LogP contribution in [0.5, 0.6) is 0 Å². The standard InChI is InChI=1S/C14H14Br3N3/c1-2-19-13(4-9-3-10(15)7-18-6-9)14-12(17)5-11(16)8-20-14/h3,5-8,13,19H,2,4H2,1H3. The maximum absolute atomic E-state index is 4.53. The molecule has 0 amide bonds. The third kappa shape index (κ3) is 4.35. The minimum absolute atomic E-state index is 0.151. The summed E-state index contributed by atoms with van der Waals surface area (Å²) in [6.07, 6.45) is 6.35. The highest BCUT2D eigenvalue weighted by atomic mass is 79.9. The average Bonchev–Trinajstić information content (AvgIpc) is 2.38. The zero-order valence-electron chi connectivity index (χ0n) is 10.9. The zero-order chi connectivity index (χ0) is 14.5. The number of halogens is 3. The third-order valence-corrected chi connectivity index (χ3v) is 4.32. The van der Waals surface area contributed by atoms with Gasteiger partial charge in [-0.2, -0.15) is 0 Å². The van der Waals surface area contributed by atoms with Crippen LogP contribution in [0.2, 0.25) is 0 Å². The molecule has 3 nitrogen and oxygen atoms in total. The Hall–Kier alpha value is -0.300. The lowest BCUT2D eigenvalue weighted by atomic mass is 10.0.